The maximum absolute atomic E-state index is 12.4. The fourth-order valence-corrected chi connectivity index (χ4v) is 5.27. The molecule has 0 spiro atoms. The van der Waals surface area contributed by atoms with E-state index >= 15 is 0 Å². The largest absolute Gasteiger partial charge is 0.335 e. The second-order valence-corrected chi connectivity index (χ2v) is 8.15. The second-order valence-electron chi connectivity index (χ2n) is 5.37. The van der Waals surface area contributed by atoms with Crippen molar-refractivity contribution in [1.29, 1.82) is 0 Å². The number of primary sulfonamides is 1. The van der Waals surface area contributed by atoms with Crippen LogP contribution in [0.1, 0.15) is 33.8 Å². The van der Waals surface area contributed by atoms with Crippen LogP contribution in [0.3, 0.4) is 0 Å². The van der Waals surface area contributed by atoms with Crippen LogP contribution in [0.25, 0.3) is 0 Å². The molecule has 3 rings (SSSR count). The van der Waals surface area contributed by atoms with Crippen molar-refractivity contribution in [3.8, 4) is 0 Å². The first-order valence-corrected chi connectivity index (χ1v) is 8.66. The fourth-order valence-electron chi connectivity index (χ4n) is 3.17. The highest BCUT2D eigenvalue weighted by molar-refractivity contribution is 7.89. The summed E-state index contributed by atoms with van der Waals surface area (Å²) in [5.41, 5.74) is 0. The van der Waals surface area contributed by atoms with Gasteiger partial charge in [-0.25, -0.2) is 13.6 Å². The van der Waals surface area contributed by atoms with E-state index < -0.39 is 10.0 Å². The van der Waals surface area contributed by atoms with E-state index in [4.69, 9.17) is 5.14 Å². The number of piperidine rings is 1. The quantitative estimate of drug-likeness (QED) is 0.894. The van der Waals surface area contributed by atoms with Gasteiger partial charge in [-0.1, -0.05) is 0 Å². The summed E-state index contributed by atoms with van der Waals surface area (Å²) < 4.78 is 22.8. The maximum atomic E-state index is 12.4. The molecule has 1 saturated heterocycles. The lowest BCUT2D eigenvalue weighted by Crippen LogP contribution is -2.37. The summed E-state index contributed by atoms with van der Waals surface area (Å²) >= 11 is 1.21. The Kier molecular flexibility index (Phi) is 2.95. The first kappa shape index (κ1) is 13.1. The number of nitrogens with zero attached hydrogens (tertiary/aromatic N) is 1. The lowest BCUT2D eigenvalue weighted by molar-refractivity contribution is 0.0708. The van der Waals surface area contributed by atoms with Gasteiger partial charge in [0.25, 0.3) is 5.91 Å². The lowest BCUT2D eigenvalue weighted by Gasteiger charge is -2.26. The van der Waals surface area contributed by atoms with Gasteiger partial charge in [0.15, 0.2) is 0 Å². The van der Waals surface area contributed by atoms with Gasteiger partial charge in [0.2, 0.25) is 10.0 Å². The predicted molar refractivity (Wildman–Crippen MR) is 72.6 cm³/mol. The molecule has 1 aromatic rings. The number of hydrogen-bond acceptors (Lipinski definition) is 4. The third kappa shape index (κ3) is 2.19. The number of carbonyl (C=O) groups excluding carboxylic acids is 1. The zero-order valence-corrected chi connectivity index (χ0v) is 12.3. The third-order valence-electron chi connectivity index (χ3n) is 4.06. The van der Waals surface area contributed by atoms with Crippen LogP contribution in [-0.4, -0.2) is 31.8 Å². The number of carbonyl (C=O) groups is 1. The number of rotatable bonds is 2. The Morgan fingerprint density at radius 2 is 2.21 bits per heavy atom. The Labute approximate surface area is 116 Å². The highest BCUT2D eigenvalue weighted by Crippen LogP contribution is 2.39. The average molecular weight is 300 g/mol. The molecular weight excluding hydrogens is 284 g/mol. The second kappa shape index (κ2) is 4.29. The fraction of sp³-hybridized carbons (Fsp3) is 0.583. The maximum Gasteiger partial charge on any atom is 0.264 e. The van der Waals surface area contributed by atoms with Crippen molar-refractivity contribution >= 4 is 27.3 Å². The standard InChI is InChI=1S/C12H16N2O3S2/c1-7-11(19(13,16)17)5-10(18-7)12(15)14-6-8-2-3-9(14)4-8/h5,8-9H,2-4,6H2,1H3,(H2,13,16,17). The molecule has 2 bridgehead atoms. The molecule has 2 atom stereocenters. The summed E-state index contributed by atoms with van der Waals surface area (Å²) in [7, 11) is -3.74. The highest BCUT2D eigenvalue weighted by atomic mass is 32.2. The SMILES string of the molecule is Cc1sc(C(=O)N2CC3CCC2C3)cc1S(N)(=O)=O. The molecule has 2 fully saturated rings. The number of aryl methyl sites for hydroxylation is 1. The molecule has 5 nitrogen and oxygen atoms in total. The van der Waals surface area contributed by atoms with Gasteiger partial charge in [-0.3, -0.25) is 4.79 Å². The molecule has 0 radical (unpaired) electrons. The van der Waals surface area contributed by atoms with E-state index in [0.717, 1.165) is 19.4 Å². The van der Waals surface area contributed by atoms with Crippen molar-refractivity contribution in [3.63, 3.8) is 0 Å². The monoisotopic (exact) mass is 300 g/mol. The van der Waals surface area contributed by atoms with Gasteiger partial charge in [0, 0.05) is 17.5 Å². The molecule has 1 aromatic heterocycles. The van der Waals surface area contributed by atoms with E-state index in [1.165, 1.54) is 23.8 Å². The zero-order chi connectivity index (χ0) is 13.8. The number of likely N-dealkylation sites (tertiary alicyclic amines) is 1. The average Bonchev–Trinajstić information content (AvgIpc) is 3.00. The van der Waals surface area contributed by atoms with Crippen molar-refractivity contribution in [1.82, 2.24) is 4.90 Å². The summed E-state index contributed by atoms with van der Waals surface area (Å²) in [4.78, 5) is 15.5. The highest BCUT2D eigenvalue weighted by Gasteiger charge is 2.41. The van der Waals surface area contributed by atoms with Crippen LogP contribution in [0, 0.1) is 12.8 Å². The zero-order valence-electron chi connectivity index (χ0n) is 10.6. The number of hydrogen-bond donors (Lipinski definition) is 1. The van der Waals surface area contributed by atoms with E-state index in [1.807, 2.05) is 4.90 Å². The van der Waals surface area contributed by atoms with Crippen LogP contribution in [0.15, 0.2) is 11.0 Å². The molecule has 19 heavy (non-hydrogen) atoms. The van der Waals surface area contributed by atoms with Crippen molar-refractivity contribution in [2.75, 3.05) is 6.54 Å². The smallest absolute Gasteiger partial charge is 0.264 e. The molecule has 2 heterocycles. The molecule has 1 aliphatic heterocycles. The van der Waals surface area contributed by atoms with Crippen LogP contribution in [0.5, 0.6) is 0 Å². The third-order valence-corrected chi connectivity index (χ3v) is 6.26. The van der Waals surface area contributed by atoms with Crippen LogP contribution >= 0.6 is 11.3 Å². The minimum atomic E-state index is -3.74. The van der Waals surface area contributed by atoms with Gasteiger partial charge in [0.1, 0.15) is 0 Å². The molecule has 1 saturated carbocycles. The number of fused-ring (bicyclic) bond motifs is 2. The van der Waals surface area contributed by atoms with Gasteiger partial charge >= 0.3 is 0 Å². The molecule has 2 unspecified atom stereocenters. The van der Waals surface area contributed by atoms with Gasteiger partial charge in [0.05, 0.1) is 9.77 Å². The van der Waals surface area contributed by atoms with E-state index in [0.29, 0.717) is 21.7 Å². The van der Waals surface area contributed by atoms with Crippen molar-refractivity contribution in [2.24, 2.45) is 11.1 Å². The van der Waals surface area contributed by atoms with Crippen LogP contribution < -0.4 is 5.14 Å². The topological polar surface area (TPSA) is 80.5 Å². The van der Waals surface area contributed by atoms with Gasteiger partial charge in [-0.05, 0) is 38.2 Å². The molecular formula is C12H16N2O3S2. The molecule has 7 heteroatoms. The number of sulfonamides is 1. The molecule has 104 valence electrons. The number of amides is 1. The van der Waals surface area contributed by atoms with E-state index in [-0.39, 0.29) is 10.8 Å². The lowest BCUT2D eigenvalue weighted by atomic mass is 10.1. The van der Waals surface area contributed by atoms with Crippen molar-refractivity contribution in [3.05, 3.63) is 15.8 Å². The minimum Gasteiger partial charge on any atom is -0.335 e. The van der Waals surface area contributed by atoms with E-state index in [2.05, 4.69) is 0 Å². The van der Waals surface area contributed by atoms with Gasteiger partial charge in [-0.2, -0.15) is 0 Å². The Bertz CT molecular complexity index is 635. The van der Waals surface area contributed by atoms with Crippen molar-refractivity contribution in [2.45, 2.75) is 37.1 Å². The Morgan fingerprint density at radius 1 is 1.47 bits per heavy atom. The van der Waals surface area contributed by atoms with Gasteiger partial charge in [-0.15, -0.1) is 11.3 Å². The Morgan fingerprint density at radius 3 is 2.68 bits per heavy atom. The first-order valence-electron chi connectivity index (χ1n) is 6.30. The summed E-state index contributed by atoms with van der Waals surface area (Å²) in [6.45, 7) is 2.49. The Balaban J connectivity index is 1.89. The molecule has 2 aliphatic rings. The summed E-state index contributed by atoms with van der Waals surface area (Å²) in [5, 5.41) is 5.14. The molecule has 2 N–H and O–H groups in total. The van der Waals surface area contributed by atoms with Crippen LogP contribution in [0.2, 0.25) is 0 Å². The van der Waals surface area contributed by atoms with Crippen LogP contribution in [0.4, 0.5) is 0 Å². The predicted octanol–water partition coefficient (Wildman–Crippen LogP) is 1.33. The normalized spacial score (nSPS) is 26.1. The summed E-state index contributed by atoms with van der Waals surface area (Å²) in [6, 6.07) is 1.77. The molecule has 1 aliphatic carbocycles. The first-order chi connectivity index (χ1) is 8.86. The van der Waals surface area contributed by atoms with E-state index in [9.17, 15) is 13.2 Å². The summed E-state index contributed by atoms with van der Waals surface area (Å²) in [6.07, 6.45) is 3.38. The molecule has 1 amide bonds. The number of thiophene rings is 1. The summed E-state index contributed by atoms with van der Waals surface area (Å²) in [5.74, 6) is 0.586. The van der Waals surface area contributed by atoms with Crippen molar-refractivity contribution < 1.29 is 13.2 Å². The van der Waals surface area contributed by atoms with Gasteiger partial charge < -0.3 is 4.90 Å². The van der Waals surface area contributed by atoms with Crippen LogP contribution in [-0.2, 0) is 10.0 Å². The van der Waals surface area contributed by atoms with E-state index in [1.54, 1.807) is 6.92 Å². The number of nitrogens with two attached hydrogens (primary N) is 1. The minimum absolute atomic E-state index is 0.0461. The molecule has 0 aromatic carbocycles. The Hall–Kier alpha value is -0.920.